The molecule has 2 aromatic carbocycles. The molecular weight excluding hydrogens is 422 g/mol. The Kier molecular flexibility index (Phi) is 5.87. The third-order valence-electron chi connectivity index (χ3n) is 4.10. The highest BCUT2D eigenvalue weighted by atomic mass is 32.2. The third-order valence-corrected chi connectivity index (χ3v) is 5.89. The second kappa shape index (κ2) is 8.89. The molecule has 0 atom stereocenters. The molecule has 0 unspecified atom stereocenters. The van der Waals surface area contributed by atoms with E-state index >= 15 is 0 Å². The number of carbonyl (C=O) groups excluding carboxylic acids is 1. The van der Waals surface area contributed by atoms with E-state index < -0.39 is 4.92 Å². The van der Waals surface area contributed by atoms with Crippen molar-refractivity contribution in [2.75, 3.05) is 11.1 Å². The molecule has 2 aromatic heterocycles. The zero-order valence-corrected chi connectivity index (χ0v) is 17.1. The van der Waals surface area contributed by atoms with E-state index in [0.717, 1.165) is 10.6 Å². The van der Waals surface area contributed by atoms with Crippen molar-refractivity contribution in [2.24, 2.45) is 0 Å². The Bertz CT molecular complexity index is 1180. The highest BCUT2D eigenvalue weighted by molar-refractivity contribution is 7.99. The van der Waals surface area contributed by atoms with Gasteiger partial charge in [0.1, 0.15) is 5.69 Å². The second-order valence-corrected chi connectivity index (χ2v) is 7.96. The number of nitro benzene ring substituents is 1. The monoisotopic (exact) mass is 437 g/mol. The quantitative estimate of drug-likeness (QED) is 0.257. The summed E-state index contributed by atoms with van der Waals surface area (Å²) < 4.78 is 1.90. The lowest BCUT2D eigenvalue weighted by molar-refractivity contribution is -0.383. The lowest BCUT2D eigenvalue weighted by Crippen LogP contribution is -2.15. The summed E-state index contributed by atoms with van der Waals surface area (Å²) in [6.07, 6.45) is 0. The first-order chi connectivity index (χ1) is 14.6. The number of nitrogens with zero attached hydrogens (tertiary/aromatic N) is 4. The number of amides is 1. The van der Waals surface area contributed by atoms with Crippen molar-refractivity contribution in [1.82, 2.24) is 14.8 Å². The van der Waals surface area contributed by atoms with Crippen LogP contribution in [-0.4, -0.2) is 31.3 Å². The molecule has 0 spiro atoms. The number of benzene rings is 2. The minimum atomic E-state index is -0.526. The fourth-order valence-electron chi connectivity index (χ4n) is 2.79. The van der Waals surface area contributed by atoms with Crippen molar-refractivity contribution >= 4 is 40.4 Å². The normalized spacial score (nSPS) is 10.7. The van der Waals surface area contributed by atoms with E-state index in [1.54, 1.807) is 23.5 Å². The van der Waals surface area contributed by atoms with Crippen LogP contribution >= 0.6 is 23.1 Å². The molecule has 150 valence electrons. The standard InChI is InChI=1S/C20H15N5O3S2/c26-18(21-15-9-4-5-10-16(15)25(27)28)13-30-20-23-22-19(17-11-6-12-29-17)24(20)14-7-2-1-3-8-14/h1-12H,13H2,(H,21,26). The smallest absolute Gasteiger partial charge is 0.292 e. The highest BCUT2D eigenvalue weighted by Gasteiger charge is 2.19. The van der Waals surface area contributed by atoms with Crippen LogP contribution < -0.4 is 5.32 Å². The number of nitro groups is 1. The Morgan fingerprint density at radius 2 is 1.83 bits per heavy atom. The van der Waals surface area contributed by atoms with Gasteiger partial charge in [0, 0.05) is 11.8 Å². The molecule has 2 heterocycles. The predicted molar refractivity (Wildman–Crippen MR) is 117 cm³/mol. The van der Waals surface area contributed by atoms with Gasteiger partial charge in [0.15, 0.2) is 11.0 Å². The van der Waals surface area contributed by atoms with Crippen molar-refractivity contribution < 1.29 is 9.72 Å². The van der Waals surface area contributed by atoms with E-state index in [2.05, 4.69) is 15.5 Å². The van der Waals surface area contributed by atoms with Crippen molar-refractivity contribution in [1.29, 1.82) is 0 Å². The van der Waals surface area contributed by atoms with E-state index in [1.807, 2.05) is 52.4 Å². The van der Waals surface area contributed by atoms with Crippen molar-refractivity contribution in [3.05, 3.63) is 82.2 Å². The van der Waals surface area contributed by atoms with E-state index in [-0.39, 0.29) is 23.0 Å². The van der Waals surface area contributed by atoms with Crippen LogP contribution in [0.3, 0.4) is 0 Å². The number of anilines is 1. The maximum Gasteiger partial charge on any atom is 0.292 e. The van der Waals surface area contributed by atoms with Gasteiger partial charge >= 0.3 is 0 Å². The van der Waals surface area contributed by atoms with E-state index in [1.165, 1.54) is 23.9 Å². The van der Waals surface area contributed by atoms with Crippen LogP contribution in [0, 0.1) is 10.1 Å². The van der Waals surface area contributed by atoms with E-state index in [9.17, 15) is 14.9 Å². The number of carbonyl (C=O) groups is 1. The van der Waals surface area contributed by atoms with Crippen LogP contribution in [-0.2, 0) is 4.79 Å². The Balaban J connectivity index is 1.56. The summed E-state index contributed by atoms with van der Waals surface area (Å²) in [6, 6.07) is 19.6. The largest absolute Gasteiger partial charge is 0.320 e. The molecular formula is C20H15N5O3S2. The van der Waals surface area contributed by atoms with Crippen LogP contribution in [0.2, 0.25) is 0 Å². The molecule has 8 nitrogen and oxygen atoms in total. The molecule has 4 rings (SSSR count). The Labute approximate surface area is 179 Å². The number of para-hydroxylation sites is 3. The molecule has 0 saturated heterocycles. The molecule has 0 aliphatic rings. The Morgan fingerprint density at radius 1 is 1.07 bits per heavy atom. The lowest BCUT2D eigenvalue weighted by Gasteiger charge is -2.09. The maximum absolute atomic E-state index is 12.4. The predicted octanol–water partition coefficient (Wildman–Crippen LogP) is 4.63. The number of hydrogen-bond acceptors (Lipinski definition) is 7. The van der Waals surface area contributed by atoms with Crippen LogP contribution in [0.25, 0.3) is 16.4 Å². The molecule has 1 amide bonds. The Morgan fingerprint density at radius 3 is 2.57 bits per heavy atom. The van der Waals surface area contributed by atoms with Gasteiger partial charge in [0.25, 0.3) is 5.69 Å². The van der Waals surface area contributed by atoms with Gasteiger partial charge in [-0.2, -0.15) is 0 Å². The third kappa shape index (κ3) is 4.24. The molecule has 10 heteroatoms. The first kappa shape index (κ1) is 19.8. The molecule has 0 fully saturated rings. The molecule has 1 N–H and O–H groups in total. The zero-order valence-electron chi connectivity index (χ0n) is 15.5. The van der Waals surface area contributed by atoms with Crippen LogP contribution in [0.5, 0.6) is 0 Å². The number of rotatable bonds is 7. The average Bonchev–Trinajstić information content (AvgIpc) is 3.43. The molecule has 0 saturated carbocycles. The zero-order chi connectivity index (χ0) is 20.9. The van der Waals surface area contributed by atoms with Crippen LogP contribution in [0.4, 0.5) is 11.4 Å². The number of thiophene rings is 1. The summed E-state index contributed by atoms with van der Waals surface area (Å²) >= 11 is 2.77. The molecule has 4 aromatic rings. The second-order valence-electron chi connectivity index (χ2n) is 6.07. The topological polar surface area (TPSA) is 103 Å². The van der Waals surface area contributed by atoms with Gasteiger partial charge in [-0.1, -0.05) is 48.2 Å². The summed E-state index contributed by atoms with van der Waals surface area (Å²) in [5.41, 5.74) is 0.896. The van der Waals surface area contributed by atoms with E-state index in [0.29, 0.717) is 11.0 Å². The number of aromatic nitrogens is 3. The van der Waals surface area contributed by atoms with Gasteiger partial charge in [0.05, 0.1) is 15.6 Å². The van der Waals surface area contributed by atoms with Crippen LogP contribution in [0.1, 0.15) is 0 Å². The van der Waals surface area contributed by atoms with Crippen molar-refractivity contribution in [2.45, 2.75) is 5.16 Å². The van der Waals surface area contributed by atoms with Gasteiger partial charge in [0.2, 0.25) is 5.91 Å². The number of thioether (sulfide) groups is 1. The van der Waals surface area contributed by atoms with Gasteiger partial charge < -0.3 is 5.32 Å². The summed E-state index contributed by atoms with van der Waals surface area (Å²) in [5, 5.41) is 24.8. The fourth-order valence-corrected chi connectivity index (χ4v) is 4.24. The van der Waals surface area contributed by atoms with Gasteiger partial charge in [-0.3, -0.25) is 19.5 Å². The van der Waals surface area contributed by atoms with Gasteiger partial charge in [-0.05, 0) is 29.6 Å². The maximum atomic E-state index is 12.4. The van der Waals surface area contributed by atoms with Crippen LogP contribution in [0.15, 0.2) is 77.3 Å². The molecule has 0 bridgehead atoms. The fraction of sp³-hybridized carbons (Fsp3) is 0.0500. The molecule has 30 heavy (non-hydrogen) atoms. The number of nitrogens with one attached hydrogen (secondary N) is 1. The minimum absolute atomic E-state index is 0.0292. The SMILES string of the molecule is O=C(CSc1nnc(-c2cccs2)n1-c1ccccc1)Nc1ccccc1[N+](=O)[O-]. The van der Waals surface area contributed by atoms with Crippen molar-refractivity contribution in [3.63, 3.8) is 0 Å². The first-order valence-electron chi connectivity index (χ1n) is 8.84. The molecule has 0 radical (unpaired) electrons. The van der Waals surface area contributed by atoms with Gasteiger partial charge in [-0.25, -0.2) is 0 Å². The summed E-state index contributed by atoms with van der Waals surface area (Å²) in [6.45, 7) is 0. The Hall–Kier alpha value is -3.50. The van der Waals surface area contributed by atoms with Gasteiger partial charge in [-0.15, -0.1) is 21.5 Å². The first-order valence-corrected chi connectivity index (χ1v) is 10.7. The lowest BCUT2D eigenvalue weighted by atomic mass is 10.2. The van der Waals surface area contributed by atoms with Crippen molar-refractivity contribution in [3.8, 4) is 16.4 Å². The summed E-state index contributed by atoms with van der Waals surface area (Å²) in [5.74, 6) is 0.356. The summed E-state index contributed by atoms with van der Waals surface area (Å²) in [7, 11) is 0. The van der Waals surface area contributed by atoms with E-state index in [4.69, 9.17) is 0 Å². The number of hydrogen-bond donors (Lipinski definition) is 1. The molecule has 0 aliphatic carbocycles. The highest BCUT2D eigenvalue weighted by Crippen LogP contribution is 2.30. The summed E-state index contributed by atoms with van der Waals surface area (Å²) in [4.78, 5) is 24.0. The minimum Gasteiger partial charge on any atom is -0.320 e. The average molecular weight is 438 g/mol. The molecule has 0 aliphatic heterocycles.